The lowest BCUT2D eigenvalue weighted by atomic mass is 9.99. The molecule has 0 fully saturated rings. The molecule has 0 aliphatic rings. The molecule has 1 aromatic carbocycles. The van der Waals surface area contributed by atoms with Gasteiger partial charge in [0.05, 0.1) is 17.2 Å². The average molecular weight is 321 g/mol. The zero-order chi connectivity index (χ0) is 16.1. The number of thiazole rings is 1. The van der Waals surface area contributed by atoms with E-state index >= 15 is 0 Å². The molecule has 6 heteroatoms. The van der Waals surface area contributed by atoms with Crippen LogP contribution in [0.3, 0.4) is 0 Å². The minimum atomic E-state index is -0.424. The first-order valence-corrected chi connectivity index (χ1v) is 8.01. The minimum absolute atomic E-state index is 0.123. The van der Waals surface area contributed by atoms with E-state index in [1.807, 2.05) is 13.8 Å². The second-order valence-corrected chi connectivity index (χ2v) is 6.17. The molecule has 2 rings (SSSR count). The molecule has 0 aliphatic heterocycles. The summed E-state index contributed by atoms with van der Waals surface area (Å²) in [5.41, 5.74) is 3.28. The Labute approximate surface area is 133 Å². The number of nitrogens with zero attached hydrogens (tertiary/aromatic N) is 1. The number of benzene rings is 1. The van der Waals surface area contributed by atoms with Gasteiger partial charge in [-0.2, -0.15) is 0 Å². The SMILES string of the molecule is CC(=O)N[C@H](c1ccccc1F)[C@H](C)NCc1scnc1C. The third-order valence-corrected chi connectivity index (χ3v) is 4.46. The topological polar surface area (TPSA) is 54.0 Å². The predicted octanol–water partition coefficient (Wildman–Crippen LogP) is 2.95. The third kappa shape index (κ3) is 4.11. The Morgan fingerprint density at radius 1 is 1.41 bits per heavy atom. The second-order valence-electron chi connectivity index (χ2n) is 5.23. The van der Waals surface area contributed by atoms with Crippen molar-refractivity contribution < 1.29 is 9.18 Å². The zero-order valence-corrected chi connectivity index (χ0v) is 13.7. The van der Waals surface area contributed by atoms with Crippen molar-refractivity contribution in [1.29, 1.82) is 0 Å². The lowest BCUT2D eigenvalue weighted by molar-refractivity contribution is -0.119. The normalized spacial score (nSPS) is 13.6. The number of halogens is 1. The largest absolute Gasteiger partial charge is 0.348 e. The maximum absolute atomic E-state index is 14.0. The van der Waals surface area contributed by atoms with Crippen LogP contribution in [0.15, 0.2) is 29.8 Å². The second kappa shape index (κ2) is 7.47. The number of amides is 1. The van der Waals surface area contributed by atoms with E-state index in [1.54, 1.807) is 35.0 Å². The fourth-order valence-electron chi connectivity index (χ4n) is 2.29. The molecular weight excluding hydrogens is 301 g/mol. The van der Waals surface area contributed by atoms with E-state index in [0.29, 0.717) is 12.1 Å². The van der Waals surface area contributed by atoms with Gasteiger partial charge >= 0.3 is 0 Å². The Hall–Kier alpha value is -1.79. The molecule has 0 saturated carbocycles. The van der Waals surface area contributed by atoms with Crippen LogP contribution in [0.25, 0.3) is 0 Å². The van der Waals surface area contributed by atoms with Gasteiger partial charge in [-0.15, -0.1) is 11.3 Å². The van der Waals surface area contributed by atoms with Crippen LogP contribution in [-0.2, 0) is 11.3 Å². The Bertz CT molecular complexity index is 644. The molecule has 22 heavy (non-hydrogen) atoms. The predicted molar refractivity (Wildman–Crippen MR) is 86.1 cm³/mol. The van der Waals surface area contributed by atoms with E-state index in [4.69, 9.17) is 0 Å². The van der Waals surface area contributed by atoms with Crippen molar-refractivity contribution in [3.05, 3.63) is 51.7 Å². The number of carbonyl (C=O) groups excluding carboxylic acids is 1. The Morgan fingerprint density at radius 2 is 2.14 bits per heavy atom. The van der Waals surface area contributed by atoms with Gasteiger partial charge in [0.25, 0.3) is 0 Å². The molecule has 1 heterocycles. The number of rotatable bonds is 6. The van der Waals surface area contributed by atoms with Crippen LogP contribution in [0.4, 0.5) is 4.39 Å². The van der Waals surface area contributed by atoms with Crippen molar-refractivity contribution in [2.24, 2.45) is 0 Å². The van der Waals surface area contributed by atoms with Crippen LogP contribution in [0.1, 0.15) is 36.0 Å². The molecule has 0 unspecified atom stereocenters. The number of aryl methyl sites for hydroxylation is 1. The smallest absolute Gasteiger partial charge is 0.217 e. The summed E-state index contributed by atoms with van der Waals surface area (Å²) in [6.45, 7) is 5.97. The number of hydrogen-bond donors (Lipinski definition) is 2. The van der Waals surface area contributed by atoms with Gasteiger partial charge in [0.15, 0.2) is 0 Å². The summed E-state index contributed by atoms with van der Waals surface area (Å²) in [4.78, 5) is 16.8. The first-order valence-electron chi connectivity index (χ1n) is 7.13. The van der Waals surface area contributed by atoms with Gasteiger partial charge in [0.1, 0.15) is 5.82 Å². The fourth-order valence-corrected chi connectivity index (χ4v) is 3.01. The number of aromatic nitrogens is 1. The van der Waals surface area contributed by atoms with Crippen LogP contribution in [0.2, 0.25) is 0 Å². The highest BCUT2D eigenvalue weighted by Gasteiger charge is 2.23. The van der Waals surface area contributed by atoms with Crippen LogP contribution < -0.4 is 10.6 Å². The summed E-state index contributed by atoms with van der Waals surface area (Å²) in [6, 6.07) is 5.97. The summed E-state index contributed by atoms with van der Waals surface area (Å²) < 4.78 is 14.0. The summed E-state index contributed by atoms with van der Waals surface area (Å²) in [7, 11) is 0. The third-order valence-electron chi connectivity index (χ3n) is 3.53. The first-order chi connectivity index (χ1) is 10.5. The molecule has 2 atom stereocenters. The van der Waals surface area contributed by atoms with Gasteiger partial charge in [0, 0.05) is 30.0 Å². The summed E-state index contributed by atoms with van der Waals surface area (Å²) in [5.74, 6) is -0.500. The van der Waals surface area contributed by atoms with E-state index in [2.05, 4.69) is 15.6 Å². The van der Waals surface area contributed by atoms with Crippen LogP contribution in [0, 0.1) is 12.7 Å². The van der Waals surface area contributed by atoms with Crippen molar-refractivity contribution in [2.45, 2.75) is 39.4 Å². The van der Waals surface area contributed by atoms with E-state index in [0.717, 1.165) is 10.6 Å². The van der Waals surface area contributed by atoms with Crippen LogP contribution >= 0.6 is 11.3 Å². The molecule has 1 amide bonds. The maximum Gasteiger partial charge on any atom is 0.217 e. The number of hydrogen-bond acceptors (Lipinski definition) is 4. The van der Waals surface area contributed by atoms with Gasteiger partial charge < -0.3 is 10.6 Å². The van der Waals surface area contributed by atoms with Crippen molar-refractivity contribution in [3.8, 4) is 0 Å². The summed E-state index contributed by atoms with van der Waals surface area (Å²) in [5, 5.41) is 6.17. The van der Waals surface area contributed by atoms with Gasteiger partial charge in [-0.3, -0.25) is 4.79 Å². The summed E-state index contributed by atoms with van der Waals surface area (Å²) in [6.07, 6.45) is 0. The Kier molecular flexibility index (Phi) is 5.63. The number of nitrogens with one attached hydrogen (secondary N) is 2. The van der Waals surface area contributed by atoms with Crippen molar-refractivity contribution in [3.63, 3.8) is 0 Å². The molecule has 0 radical (unpaired) electrons. The molecule has 4 nitrogen and oxygen atoms in total. The highest BCUT2D eigenvalue weighted by atomic mass is 32.1. The molecule has 118 valence electrons. The molecule has 2 aromatic rings. The maximum atomic E-state index is 14.0. The van der Waals surface area contributed by atoms with Crippen LogP contribution in [0.5, 0.6) is 0 Å². The minimum Gasteiger partial charge on any atom is -0.348 e. The van der Waals surface area contributed by atoms with Crippen molar-refractivity contribution in [2.75, 3.05) is 0 Å². The lowest BCUT2D eigenvalue weighted by Crippen LogP contribution is -2.41. The molecule has 0 bridgehead atoms. The monoisotopic (exact) mass is 321 g/mol. The van der Waals surface area contributed by atoms with E-state index < -0.39 is 6.04 Å². The molecule has 0 spiro atoms. The van der Waals surface area contributed by atoms with Crippen LogP contribution in [-0.4, -0.2) is 16.9 Å². The van der Waals surface area contributed by atoms with Gasteiger partial charge in [-0.05, 0) is 19.9 Å². The Morgan fingerprint density at radius 3 is 2.73 bits per heavy atom. The fraction of sp³-hybridized carbons (Fsp3) is 0.375. The van der Waals surface area contributed by atoms with E-state index in [-0.39, 0.29) is 17.8 Å². The van der Waals surface area contributed by atoms with Gasteiger partial charge in [-0.25, -0.2) is 9.37 Å². The number of carbonyl (C=O) groups is 1. The average Bonchev–Trinajstić information content (AvgIpc) is 2.88. The quantitative estimate of drug-likeness (QED) is 0.860. The first kappa shape index (κ1) is 16.6. The molecular formula is C16H20FN3OS. The lowest BCUT2D eigenvalue weighted by Gasteiger charge is -2.26. The zero-order valence-electron chi connectivity index (χ0n) is 12.9. The Balaban J connectivity index is 2.13. The van der Waals surface area contributed by atoms with E-state index in [1.165, 1.54) is 13.0 Å². The van der Waals surface area contributed by atoms with Crippen molar-refractivity contribution in [1.82, 2.24) is 15.6 Å². The highest BCUT2D eigenvalue weighted by Crippen LogP contribution is 2.21. The van der Waals surface area contributed by atoms with Gasteiger partial charge in [0.2, 0.25) is 5.91 Å². The molecule has 2 N–H and O–H groups in total. The standard InChI is InChI=1S/C16H20FN3OS/c1-10-15(22-9-19-10)8-18-11(2)16(20-12(3)21)13-6-4-5-7-14(13)17/h4-7,9,11,16,18H,8H2,1-3H3,(H,20,21)/t11-,16-/m0/s1. The highest BCUT2D eigenvalue weighted by molar-refractivity contribution is 7.09. The molecule has 1 aromatic heterocycles. The van der Waals surface area contributed by atoms with E-state index in [9.17, 15) is 9.18 Å². The summed E-state index contributed by atoms with van der Waals surface area (Å²) >= 11 is 1.58. The van der Waals surface area contributed by atoms with Crippen molar-refractivity contribution >= 4 is 17.2 Å². The van der Waals surface area contributed by atoms with Gasteiger partial charge in [-0.1, -0.05) is 18.2 Å². The molecule has 0 aliphatic carbocycles. The molecule has 0 saturated heterocycles.